The summed E-state index contributed by atoms with van der Waals surface area (Å²) < 4.78 is 5.52. The molecule has 0 unspecified atom stereocenters. The number of allylic oxidation sites excluding steroid dienone is 2. The molecule has 0 aromatic heterocycles. The number of benzene rings is 1. The van der Waals surface area contributed by atoms with Gasteiger partial charge in [-0.15, -0.1) is 0 Å². The molecule has 0 N–H and O–H groups in total. The second-order valence-corrected chi connectivity index (χ2v) is 8.31. The Balaban J connectivity index is 1.84. The molecule has 1 heterocycles. The summed E-state index contributed by atoms with van der Waals surface area (Å²) in [7, 11) is 1.76. The first kappa shape index (κ1) is 18.3. The molecule has 2 aliphatic rings. The van der Waals surface area contributed by atoms with Crippen LogP contribution in [0.5, 0.6) is 5.75 Å². The van der Waals surface area contributed by atoms with Gasteiger partial charge in [0.2, 0.25) is 0 Å². The monoisotopic (exact) mass is 342 g/mol. The summed E-state index contributed by atoms with van der Waals surface area (Å²) in [5.74, 6) is 0.964. The van der Waals surface area contributed by atoms with Crippen molar-refractivity contribution in [1.82, 2.24) is 4.90 Å². The maximum atomic E-state index is 5.52. The Labute approximate surface area is 153 Å². The van der Waals surface area contributed by atoms with Gasteiger partial charge in [0, 0.05) is 43.5 Å². The minimum Gasteiger partial charge on any atom is -0.497 e. The molecule has 0 radical (unpaired) electrons. The lowest BCUT2D eigenvalue weighted by Gasteiger charge is -2.38. The molecule has 3 nitrogen and oxygen atoms in total. The van der Waals surface area contributed by atoms with Gasteiger partial charge in [0.1, 0.15) is 5.75 Å². The zero-order chi connectivity index (χ0) is 17.9. The average Bonchev–Trinajstić information content (AvgIpc) is 2.62. The Morgan fingerprint density at radius 2 is 1.88 bits per heavy atom. The molecule has 1 aliphatic carbocycles. The minimum absolute atomic E-state index is 0.446. The van der Waals surface area contributed by atoms with Crippen LogP contribution in [-0.4, -0.2) is 44.7 Å². The fraction of sp³-hybridized carbons (Fsp3) is 0.636. The Hall–Kier alpha value is -1.48. The number of piperazine rings is 1. The van der Waals surface area contributed by atoms with Crippen LogP contribution in [0.4, 0.5) is 5.69 Å². The van der Waals surface area contributed by atoms with Crippen molar-refractivity contribution in [3.63, 3.8) is 0 Å². The SMILES string of the molecule is CCCN1CCN(c2cc(OC)ccc2C2=CCC(C)(C)CC2)CC1. The molecule has 138 valence electrons. The van der Waals surface area contributed by atoms with Crippen LogP contribution in [0.1, 0.15) is 52.0 Å². The molecule has 0 bridgehead atoms. The first-order chi connectivity index (χ1) is 12.0. The summed E-state index contributed by atoms with van der Waals surface area (Å²) in [6.45, 7) is 12.8. The average molecular weight is 343 g/mol. The van der Waals surface area contributed by atoms with Crippen molar-refractivity contribution in [3.05, 3.63) is 29.8 Å². The lowest BCUT2D eigenvalue weighted by Crippen LogP contribution is -2.46. The third kappa shape index (κ3) is 4.38. The van der Waals surface area contributed by atoms with Gasteiger partial charge in [0.25, 0.3) is 0 Å². The molecular weight excluding hydrogens is 308 g/mol. The van der Waals surface area contributed by atoms with Crippen LogP contribution < -0.4 is 9.64 Å². The highest BCUT2D eigenvalue weighted by molar-refractivity contribution is 5.78. The number of hydrogen-bond donors (Lipinski definition) is 0. The number of ether oxygens (including phenoxy) is 1. The van der Waals surface area contributed by atoms with Crippen LogP contribution in [0.2, 0.25) is 0 Å². The smallest absolute Gasteiger partial charge is 0.120 e. The van der Waals surface area contributed by atoms with Crippen molar-refractivity contribution in [2.75, 3.05) is 44.7 Å². The highest BCUT2D eigenvalue weighted by Gasteiger charge is 2.25. The molecule has 1 saturated heterocycles. The second kappa shape index (κ2) is 7.82. The summed E-state index contributed by atoms with van der Waals surface area (Å²) in [5.41, 5.74) is 4.75. The van der Waals surface area contributed by atoms with E-state index in [0.29, 0.717) is 5.41 Å². The number of anilines is 1. The Kier molecular flexibility index (Phi) is 5.73. The molecule has 0 atom stereocenters. The van der Waals surface area contributed by atoms with Gasteiger partial charge in [0.05, 0.1) is 7.11 Å². The first-order valence-corrected chi connectivity index (χ1v) is 9.87. The van der Waals surface area contributed by atoms with E-state index in [2.05, 4.69) is 54.8 Å². The molecule has 1 fully saturated rings. The van der Waals surface area contributed by atoms with E-state index < -0.39 is 0 Å². The number of nitrogens with zero attached hydrogens (tertiary/aromatic N) is 2. The highest BCUT2D eigenvalue weighted by Crippen LogP contribution is 2.41. The van der Waals surface area contributed by atoms with E-state index in [4.69, 9.17) is 4.74 Å². The van der Waals surface area contributed by atoms with E-state index in [9.17, 15) is 0 Å². The molecule has 0 saturated carbocycles. The van der Waals surface area contributed by atoms with Crippen molar-refractivity contribution in [3.8, 4) is 5.75 Å². The van der Waals surface area contributed by atoms with Crippen LogP contribution in [0.3, 0.4) is 0 Å². The Morgan fingerprint density at radius 3 is 2.48 bits per heavy atom. The van der Waals surface area contributed by atoms with Crippen molar-refractivity contribution < 1.29 is 4.74 Å². The van der Waals surface area contributed by atoms with E-state index >= 15 is 0 Å². The molecule has 0 amide bonds. The zero-order valence-electron chi connectivity index (χ0n) is 16.5. The standard InChI is InChI=1S/C22H34N2O/c1-5-12-23-13-15-24(16-14-23)21-17-19(25-4)6-7-20(21)18-8-10-22(2,3)11-9-18/h6-8,17H,5,9-16H2,1-4H3. The number of methoxy groups -OCH3 is 1. The molecule has 1 aromatic rings. The van der Waals surface area contributed by atoms with Gasteiger partial charge in [-0.3, -0.25) is 4.90 Å². The lowest BCUT2D eigenvalue weighted by molar-refractivity contribution is 0.258. The van der Waals surface area contributed by atoms with E-state index in [1.165, 1.54) is 49.1 Å². The van der Waals surface area contributed by atoms with Crippen molar-refractivity contribution in [2.45, 2.75) is 46.5 Å². The summed E-state index contributed by atoms with van der Waals surface area (Å²) >= 11 is 0. The second-order valence-electron chi connectivity index (χ2n) is 8.31. The summed E-state index contributed by atoms with van der Waals surface area (Å²) in [6.07, 6.45) is 7.35. The lowest BCUT2D eigenvalue weighted by atomic mass is 9.77. The van der Waals surface area contributed by atoms with Gasteiger partial charge < -0.3 is 9.64 Å². The summed E-state index contributed by atoms with van der Waals surface area (Å²) in [4.78, 5) is 5.14. The minimum atomic E-state index is 0.446. The van der Waals surface area contributed by atoms with Gasteiger partial charge in [-0.1, -0.05) is 26.8 Å². The predicted molar refractivity (Wildman–Crippen MR) is 108 cm³/mol. The number of hydrogen-bond acceptors (Lipinski definition) is 3. The van der Waals surface area contributed by atoms with E-state index in [1.807, 2.05) is 0 Å². The summed E-state index contributed by atoms with van der Waals surface area (Å²) in [6, 6.07) is 6.63. The van der Waals surface area contributed by atoms with Crippen LogP contribution in [0, 0.1) is 5.41 Å². The fourth-order valence-electron chi connectivity index (χ4n) is 4.02. The van der Waals surface area contributed by atoms with Gasteiger partial charge in [-0.05, 0) is 55.3 Å². The van der Waals surface area contributed by atoms with Gasteiger partial charge in [-0.2, -0.15) is 0 Å². The fourth-order valence-corrected chi connectivity index (χ4v) is 4.02. The molecule has 1 aromatic carbocycles. The molecular formula is C22H34N2O. The van der Waals surface area contributed by atoms with E-state index in [1.54, 1.807) is 7.11 Å². The highest BCUT2D eigenvalue weighted by atomic mass is 16.5. The maximum Gasteiger partial charge on any atom is 0.120 e. The van der Waals surface area contributed by atoms with Crippen LogP contribution >= 0.6 is 0 Å². The van der Waals surface area contributed by atoms with Gasteiger partial charge in [0.15, 0.2) is 0 Å². The molecule has 25 heavy (non-hydrogen) atoms. The summed E-state index contributed by atoms with van der Waals surface area (Å²) in [5, 5.41) is 0. The topological polar surface area (TPSA) is 15.7 Å². The Bertz CT molecular complexity index is 612. The third-order valence-corrected chi connectivity index (χ3v) is 5.78. The van der Waals surface area contributed by atoms with E-state index in [-0.39, 0.29) is 0 Å². The Morgan fingerprint density at radius 1 is 1.12 bits per heavy atom. The van der Waals surface area contributed by atoms with Crippen molar-refractivity contribution in [1.29, 1.82) is 0 Å². The maximum absolute atomic E-state index is 5.52. The molecule has 3 rings (SSSR count). The third-order valence-electron chi connectivity index (χ3n) is 5.78. The van der Waals surface area contributed by atoms with E-state index in [0.717, 1.165) is 31.9 Å². The van der Waals surface area contributed by atoms with Crippen molar-refractivity contribution >= 4 is 11.3 Å². The normalized spacial score (nSPS) is 21.1. The quantitative estimate of drug-likeness (QED) is 0.763. The van der Waals surface area contributed by atoms with Crippen LogP contribution in [-0.2, 0) is 0 Å². The van der Waals surface area contributed by atoms with Crippen LogP contribution in [0.15, 0.2) is 24.3 Å². The molecule has 3 heteroatoms. The largest absolute Gasteiger partial charge is 0.497 e. The predicted octanol–water partition coefficient (Wildman–Crippen LogP) is 4.82. The van der Waals surface area contributed by atoms with Crippen molar-refractivity contribution in [2.24, 2.45) is 5.41 Å². The number of rotatable bonds is 5. The molecule has 0 spiro atoms. The first-order valence-electron chi connectivity index (χ1n) is 9.87. The van der Waals surface area contributed by atoms with Gasteiger partial charge in [-0.25, -0.2) is 0 Å². The van der Waals surface area contributed by atoms with Crippen LogP contribution in [0.25, 0.3) is 5.57 Å². The molecule has 1 aliphatic heterocycles. The van der Waals surface area contributed by atoms with Gasteiger partial charge >= 0.3 is 0 Å². The zero-order valence-corrected chi connectivity index (χ0v) is 16.5.